The van der Waals surface area contributed by atoms with Gasteiger partial charge in [-0.2, -0.15) is 0 Å². The molecule has 0 N–H and O–H groups in total. The van der Waals surface area contributed by atoms with Crippen molar-refractivity contribution in [2.24, 2.45) is 0 Å². The highest BCUT2D eigenvalue weighted by Gasteiger charge is 2.32. The number of ether oxygens (including phenoxy) is 2. The molecule has 0 saturated heterocycles. The fourth-order valence-corrected chi connectivity index (χ4v) is 4.07. The van der Waals surface area contributed by atoms with Crippen LogP contribution in [0.5, 0.6) is 11.5 Å². The Kier molecular flexibility index (Phi) is 6.10. The lowest BCUT2D eigenvalue weighted by molar-refractivity contribution is -0.274. The van der Waals surface area contributed by atoms with Gasteiger partial charge in [0.05, 0.1) is 18.7 Å². The van der Waals surface area contributed by atoms with E-state index >= 15 is 0 Å². The molecule has 0 saturated carbocycles. The molecule has 12 heteroatoms. The monoisotopic (exact) mass is 451 g/mol. The van der Waals surface area contributed by atoms with Gasteiger partial charge in [-0.05, 0) is 29.3 Å². The van der Waals surface area contributed by atoms with Crippen LogP contribution in [-0.2, 0) is 6.54 Å². The number of halogens is 3. The summed E-state index contributed by atoms with van der Waals surface area (Å²) < 4.78 is 47.5. The Morgan fingerprint density at radius 1 is 1.00 bits per heavy atom. The maximum absolute atomic E-state index is 13.6. The molecule has 6 nitrogen and oxygen atoms in total. The van der Waals surface area contributed by atoms with Crippen LogP contribution in [0.1, 0.15) is 16.2 Å². The zero-order valence-electron chi connectivity index (χ0n) is 18.4. The molecule has 1 aliphatic rings. The predicted molar refractivity (Wildman–Crippen MR) is 125 cm³/mol. The minimum Gasteiger partial charge on any atom is -0.492 e. The molecule has 0 aliphatic carbocycles. The van der Waals surface area contributed by atoms with Crippen LogP contribution < -0.4 is 25.9 Å². The Labute approximate surface area is 191 Å². The van der Waals surface area contributed by atoms with Gasteiger partial charge < -0.3 is 14.4 Å². The van der Waals surface area contributed by atoms with E-state index in [9.17, 15) is 18.0 Å². The molecular weight excluding hydrogens is 432 g/mol. The van der Waals surface area contributed by atoms with E-state index in [1.54, 1.807) is 35.5 Å². The number of alkyl halides is 3. The molecule has 2 aromatic carbocycles. The second-order valence-electron chi connectivity index (χ2n) is 7.77. The van der Waals surface area contributed by atoms with Crippen molar-refractivity contribution in [1.29, 1.82) is 0 Å². The Morgan fingerprint density at radius 2 is 1.67 bits per heavy atom. The summed E-state index contributed by atoms with van der Waals surface area (Å²) in [5.74, 6) is 0.554. The second-order valence-corrected chi connectivity index (χ2v) is 7.77. The van der Waals surface area contributed by atoms with Gasteiger partial charge in [-0.15, -0.1) is 13.2 Å². The highest BCUT2D eigenvalue weighted by Crippen LogP contribution is 2.28. The van der Waals surface area contributed by atoms with Gasteiger partial charge in [-0.3, -0.25) is 4.79 Å². The summed E-state index contributed by atoms with van der Waals surface area (Å²) in [7, 11) is 5.61. The molecule has 0 atom stereocenters. The van der Waals surface area contributed by atoms with Crippen molar-refractivity contribution >= 4 is 45.8 Å². The van der Waals surface area contributed by atoms with Gasteiger partial charge in [-0.1, -0.05) is 28.5 Å². The lowest BCUT2D eigenvalue weighted by Crippen LogP contribution is -2.40. The number of fused-ring (bicyclic) bond motifs is 1. The number of aromatic nitrogens is 2. The number of rotatable bonds is 4. The van der Waals surface area contributed by atoms with Crippen molar-refractivity contribution in [2.45, 2.75) is 12.9 Å². The lowest BCUT2D eigenvalue weighted by atomic mass is 9.68. The molecule has 0 spiro atoms. The van der Waals surface area contributed by atoms with Gasteiger partial charge in [0.25, 0.3) is 5.91 Å². The lowest BCUT2D eigenvalue weighted by Gasteiger charge is -2.23. The van der Waals surface area contributed by atoms with E-state index in [0.717, 1.165) is 16.5 Å². The zero-order valence-corrected chi connectivity index (χ0v) is 18.4. The van der Waals surface area contributed by atoms with Crippen LogP contribution >= 0.6 is 0 Å². The highest BCUT2D eigenvalue weighted by atomic mass is 19.4. The number of amides is 1. The van der Waals surface area contributed by atoms with E-state index in [1.165, 1.54) is 12.1 Å². The summed E-state index contributed by atoms with van der Waals surface area (Å²) in [5.41, 5.74) is 4.30. The average molecular weight is 451 g/mol. The fourth-order valence-electron chi connectivity index (χ4n) is 4.07. The molecule has 0 fully saturated rings. The predicted octanol–water partition coefficient (Wildman–Crippen LogP) is -1.15. The van der Waals surface area contributed by atoms with Gasteiger partial charge in [0.15, 0.2) is 0 Å². The third kappa shape index (κ3) is 4.69. The summed E-state index contributed by atoms with van der Waals surface area (Å²) in [4.78, 5) is 23.6. The molecule has 4 rings (SSSR count). The number of carbonyl (C=O) groups is 1. The van der Waals surface area contributed by atoms with Crippen molar-refractivity contribution < 1.29 is 27.4 Å². The maximum Gasteiger partial charge on any atom is 0.573 e. The van der Waals surface area contributed by atoms with Crippen LogP contribution in [0.4, 0.5) is 13.2 Å². The molecule has 166 valence electrons. The second kappa shape index (κ2) is 8.84. The molecule has 0 radical (unpaired) electrons. The van der Waals surface area contributed by atoms with E-state index in [0.29, 0.717) is 41.3 Å². The molecule has 3 aromatic rings. The highest BCUT2D eigenvalue weighted by molar-refractivity contribution is 6.56. The molecule has 2 heterocycles. The van der Waals surface area contributed by atoms with Crippen LogP contribution in [0.15, 0.2) is 42.7 Å². The number of hydrogen-bond donors (Lipinski definition) is 0. The van der Waals surface area contributed by atoms with Gasteiger partial charge >= 0.3 is 6.36 Å². The van der Waals surface area contributed by atoms with Crippen molar-refractivity contribution in [3.05, 3.63) is 54.1 Å². The van der Waals surface area contributed by atoms with E-state index in [4.69, 9.17) is 4.74 Å². The summed E-state index contributed by atoms with van der Waals surface area (Å²) in [5, 5.41) is 0. The van der Waals surface area contributed by atoms with E-state index in [1.807, 2.05) is 23.5 Å². The normalized spacial score (nSPS) is 13.8. The third-order valence-electron chi connectivity index (χ3n) is 5.69. The van der Waals surface area contributed by atoms with Crippen molar-refractivity contribution in [3.8, 4) is 22.6 Å². The van der Waals surface area contributed by atoms with Gasteiger partial charge in [-0.25, -0.2) is 9.97 Å². The van der Waals surface area contributed by atoms with Crippen LogP contribution in [0.3, 0.4) is 0 Å². The fraction of sp³-hybridized carbons (Fsp3) is 0.190. The molecule has 0 unspecified atom stereocenters. The first-order valence-corrected chi connectivity index (χ1v) is 10.3. The van der Waals surface area contributed by atoms with Crippen molar-refractivity contribution in [3.63, 3.8) is 0 Å². The van der Waals surface area contributed by atoms with Crippen LogP contribution in [-0.4, -0.2) is 63.8 Å². The minimum absolute atomic E-state index is 0.200. The standard InChI is InChI=1S/C21H19B3F3N3O3/c22-16-14(11-2-4-12(5-3-11)33-21(25,26)27)17(23)18(24)19-15(16)20(31)30(8-9-32-19)10-13-28-6-1-7-29-13/h1-7H,8-10,22-24H2. The van der Waals surface area contributed by atoms with Crippen molar-refractivity contribution in [2.75, 3.05) is 13.2 Å². The van der Waals surface area contributed by atoms with Crippen LogP contribution in [0.2, 0.25) is 0 Å². The number of benzene rings is 2. The number of nitrogens with zero attached hydrogens (tertiary/aromatic N) is 3. The average Bonchev–Trinajstić information content (AvgIpc) is 2.92. The Balaban J connectivity index is 1.75. The first-order valence-electron chi connectivity index (χ1n) is 10.3. The summed E-state index contributed by atoms with van der Waals surface area (Å²) >= 11 is 0. The smallest absolute Gasteiger partial charge is 0.492 e. The summed E-state index contributed by atoms with van der Waals surface area (Å²) in [6.45, 7) is 0.949. The SMILES string of the molecule is Bc1c(B)c(-c2ccc(OC(F)(F)F)cc2)c(B)c2c1OCCN(Cc1ncccn1)C2=O. The van der Waals surface area contributed by atoms with Crippen molar-refractivity contribution in [1.82, 2.24) is 14.9 Å². The third-order valence-corrected chi connectivity index (χ3v) is 5.69. The maximum atomic E-state index is 13.6. The van der Waals surface area contributed by atoms with E-state index < -0.39 is 6.36 Å². The quantitative estimate of drug-likeness (QED) is 0.470. The van der Waals surface area contributed by atoms with Gasteiger partial charge in [0.2, 0.25) is 0 Å². The Morgan fingerprint density at radius 3 is 2.30 bits per heavy atom. The van der Waals surface area contributed by atoms with E-state index in [2.05, 4.69) is 14.7 Å². The summed E-state index contributed by atoms with van der Waals surface area (Å²) in [6, 6.07) is 7.35. The Bertz CT molecular complexity index is 1190. The molecular formula is C21H19B3F3N3O3. The van der Waals surface area contributed by atoms with Gasteiger partial charge in [0.1, 0.15) is 47.5 Å². The Hall–Kier alpha value is -3.43. The number of hydrogen-bond acceptors (Lipinski definition) is 5. The molecule has 0 bridgehead atoms. The molecule has 1 aromatic heterocycles. The van der Waals surface area contributed by atoms with Gasteiger partial charge in [0, 0.05) is 12.4 Å². The van der Waals surface area contributed by atoms with E-state index in [-0.39, 0.29) is 18.2 Å². The summed E-state index contributed by atoms with van der Waals surface area (Å²) in [6.07, 6.45) is -1.51. The zero-order chi connectivity index (χ0) is 23.8. The first-order chi connectivity index (χ1) is 15.7. The van der Waals surface area contributed by atoms with Crippen LogP contribution in [0, 0.1) is 0 Å². The molecule has 33 heavy (non-hydrogen) atoms. The molecule has 1 aliphatic heterocycles. The molecule has 1 amide bonds. The largest absolute Gasteiger partial charge is 0.573 e. The number of carbonyl (C=O) groups excluding carboxylic acids is 1. The first kappa shape index (κ1) is 22.8. The van der Waals surface area contributed by atoms with Crippen LogP contribution in [0.25, 0.3) is 11.1 Å². The topological polar surface area (TPSA) is 64.6 Å². The minimum atomic E-state index is -4.76.